The normalized spacial score (nSPS) is 12.1. The lowest BCUT2D eigenvalue weighted by Crippen LogP contribution is -2.38. The first-order chi connectivity index (χ1) is 13.5. The number of benzene rings is 1. The minimum Gasteiger partial charge on any atom is -0.475 e. The molecular formula is C21H30FIN4O2. The topological polar surface area (TPSA) is 67.8 Å². The molecule has 0 spiro atoms. The van der Waals surface area contributed by atoms with E-state index in [9.17, 15) is 4.39 Å². The molecule has 2 rings (SSSR count). The van der Waals surface area contributed by atoms with E-state index in [0.29, 0.717) is 37.2 Å². The summed E-state index contributed by atoms with van der Waals surface area (Å²) in [6, 6.07) is 8.94. The third kappa shape index (κ3) is 8.53. The SMILES string of the molecule is CCNC(=NCc1ccc(OCCOC)nc1)NC(C)c1ccc(C)c(F)c1.I. The molecule has 1 atom stereocenters. The summed E-state index contributed by atoms with van der Waals surface area (Å²) in [5.41, 5.74) is 2.47. The van der Waals surface area contributed by atoms with E-state index in [2.05, 4.69) is 20.6 Å². The summed E-state index contributed by atoms with van der Waals surface area (Å²) in [7, 11) is 1.63. The van der Waals surface area contributed by atoms with Crippen molar-refractivity contribution in [3.05, 3.63) is 59.0 Å². The predicted molar refractivity (Wildman–Crippen MR) is 125 cm³/mol. The van der Waals surface area contributed by atoms with Gasteiger partial charge in [-0.15, -0.1) is 24.0 Å². The molecule has 1 aromatic carbocycles. The van der Waals surface area contributed by atoms with Crippen LogP contribution in [0, 0.1) is 12.7 Å². The number of nitrogens with zero attached hydrogens (tertiary/aromatic N) is 2. The maximum atomic E-state index is 13.8. The number of rotatable bonds is 9. The predicted octanol–water partition coefficient (Wildman–Crippen LogP) is 3.99. The standard InChI is InChI=1S/C21H29FN4O2.HI/c1-5-23-21(26-16(3)18-8-6-15(2)19(22)12-18)25-14-17-7-9-20(24-13-17)28-11-10-27-4;/h6-9,12-13,16H,5,10-11,14H2,1-4H3,(H2,23,25,26);1H. The monoisotopic (exact) mass is 516 g/mol. The molecule has 0 bridgehead atoms. The Morgan fingerprint density at radius 2 is 2.03 bits per heavy atom. The lowest BCUT2D eigenvalue weighted by Gasteiger charge is -2.18. The number of nitrogens with one attached hydrogen (secondary N) is 2. The average Bonchev–Trinajstić information content (AvgIpc) is 2.69. The van der Waals surface area contributed by atoms with Crippen molar-refractivity contribution >= 4 is 29.9 Å². The Bertz CT molecular complexity index is 772. The maximum Gasteiger partial charge on any atom is 0.213 e. The number of guanidine groups is 1. The Balaban J connectivity index is 0.00000420. The number of hydrogen-bond donors (Lipinski definition) is 2. The number of aliphatic imine (C=N–C) groups is 1. The van der Waals surface area contributed by atoms with Crippen molar-refractivity contribution in [3.63, 3.8) is 0 Å². The average molecular weight is 516 g/mol. The van der Waals surface area contributed by atoms with Crippen LogP contribution in [-0.2, 0) is 11.3 Å². The summed E-state index contributed by atoms with van der Waals surface area (Å²) in [5.74, 6) is 1.02. The Kier molecular flexibility index (Phi) is 11.5. The summed E-state index contributed by atoms with van der Waals surface area (Å²) in [4.78, 5) is 8.87. The molecule has 2 aromatic rings. The first-order valence-electron chi connectivity index (χ1n) is 9.41. The van der Waals surface area contributed by atoms with Crippen LogP contribution in [0.15, 0.2) is 41.5 Å². The van der Waals surface area contributed by atoms with Gasteiger partial charge in [0.15, 0.2) is 5.96 Å². The highest BCUT2D eigenvalue weighted by atomic mass is 127. The van der Waals surface area contributed by atoms with Crippen LogP contribution in [0.2, 0.25) is 0 Å². The molecule has 0 radical (unpaired) electrons. The molecule has 1 heterocycles. The van der Waals surface area contributed by atoms with Crippen LogP contribution in [0.3, 0.4) is 0 Å². The van der Waals surface area contributed by atoms with E-state index in [4.69, 9.17) is 9.47 Å². The maximum absolute atomic E-state index is 13.8. The molecule has 0 aliphatic rings. The molecule has 29 heavy (non-hydrogen) atoms. The van der Waals surface area contributed by atoms with Gasteiger partial charge in [-0.25, -0.2) is 14.4 Å². The molecule has 8 heteroatoms. The quantitative estimate of drug-likeness (QED) is 0.229. The van der Waals surface area contributed by atoms with Crippen LogP contribution < -0.4 is 15.4 Å². The van der Waals surface area contributed by atoms with E-state index in [1.54, 1.807) is 32.4 Å². The Morgan fingerprint density at radius 3 is 2.66 bits per heavy atom. The molecule has 0 aliphatic heterocycles. The van der Waals surface area contributed by atoms with Gasteiger partial charge in [0.25, 0.3) is 0 Å². The zero-order valence-electron chi connectivity index (χ0n) is 17.4. The number of aryl methyl sites for hydroxylation is 1. The number of ether oxygens (including phenoxy) is 2. The molecule has 6 nitrogen and oxygen atoms in total. The van der Waals surface area contributed by atoms with Gasteiger partial charge in [-0.2, -0.15) is 0 Å². The zero-order chi connectivity index (χ0) is 20.4. The number of halogens is 2. The van der Waals surface area contributed by atoms with Crippen molar-refractivity contribution < 1.29 is 13.9 Å². The molecule has 0 saturated heterocycles. The van der Waals surface area contributed by atoms with Crippen molar-refractivity contribution in [2.45, 2.75) is 33.4 Å². The second-order valence-corrected chi connectivity index (χ2v) is 6.42. The Labute approximate surface area is 189 Å². The third-order valence-corrected chi connectivity index (χ3v) is 4.15. The van der Waals surface area contributed by atoms with Gasteiger partial charge in [-0.3, -0.25) is 0 Å². The van der Waals surface area contributed by atoms with Gasteiger partial charge in [0.1, 0.15) is 12.4 Å². The lowest BCUT2D eigenvalue weighted by molar-refractivity contribution is 0.143. The molecular weight excluding hydrogens is 486 g/mol. The fourth-order valence-corrected chi connectivity index (χ4v) is 2.48. The van der Waals surface area contributed by atoms with Gasteiger partial charge in [0.2, 0.25) is 5.88 Å². The van der Waals surface area contributed by atoms with E-state index in [-0.39, 0.29) is 35.8 Å². The van der Waals surface area contributed by atoms with Crippen molar-refractivity contribution in [1.82, 2.24) is 15.6 Å². The minimum absolute atomic E-state index is 0. The molecule has 1 aromatic heterocycles. The number of hydrogen-bond acceptors (Lipinski definition) is 4. The molecule has 0 aliphatic carbocycles. The molecule has 0 fully saturated rings. The van der Waals surface area contributed by atoms with Crippen molar-refractivity contribution in [2.24, 2.45) is 4.99 Å². The molecule has 2 N–H and O–H groups in total. The second-order valence-electron chi connectivity index (χ2n) is 6.42. The number of aromatic nitrogens is 1. The third-order valence-electron chi connectivity index (χ3n) is 4.15. The minimum atomic E-state index is -0.202. The van der Waals surface area contributed by atoms with Gasteiger partial charge in [-0.1, -0.05) is 18.2 Å². The van der Waals surface area contributed by atoms with E-state index in [1.165, 1.54) is 0 Å². The number of pyridine rings is 1. The van der Waals surface area contributed by atoms with Gasteiger partial charge in [0, 0.05) is 25.9 Å². The fourth-order valence-electron chi connectivity index (χ4n) is 2.48. The van der Waals surface area contributed by atoms with Crippen LogP contribution in [0.4, 0.5) is 4.39 Å². The summed E-state index contributed by atoms with van der Waals surface area (Å²) in [5, 5.41) is 6.52. The van der Waals surface area contributed by atoms with Crippen LogP contribution in [0.25, 0.3) is 0 Å². The molecule has 1 unspecified atom stereocenters. The van der Waals surface area contributed by atoms with E-state index >= 15 is 0 Å². The highest BCUT2D eigenvalue weighted by Gasteiger charge is 2.10. The van der Waals surface area contributed by atoms with Crippen LogP contribution in [-0.4, -0.2) is 37.8 Å². The van der Waals surface area contributed by atoms with Crippen molar-refractivity contribution in [1.29, 1.82) is 0 Å². The van der Waals surface area contributed by atoms with Gasteiger partial charge in [-0.05, 0) is 43.5 Å². The number of methoxy groups -OCH3 is 1. The van der Waals surface area contributed by atoms with E-state index in [0.717, 1.165) is 17.7 Å². The molecule has 0 amide bonds. The van der Waals surface area contributed by atoms with Crippen molar-refractivity contribution in [3.8, 4) is 5.88 Å². The van der Waals surface area contributed by atoms with Crippen molar-refractivity contribution in [2.75, 3.05) is 26.9 Å². The highest BCUT2D eigenvalue weighted by molar-refractivity contribution is 14.0. The van der Waals surface area contributed by atoms with Crippen LogP contribution in [0.5, 0.6) is 5.88 Å². The summed E-state index contributed by atoms with van der Waals surface area (Å²) in [6.45, 7) is 7.92. The Morgan fingerprint density at radius 1 is 1.24 bits per heavy atom. The summed E-state index contributed by atoms with van der Waals surface area (Å²) >= 11 is 0. The second kappa shape index (κ2) is 13.3. The first kappa shape index (κ1) is 25.1. The van der Waals surface area contributed by atoms with Crippen LogP contribution in [0.1, 0.15) is 36.6 Å². The lowest BCUT2D eigenvalue weighted by atomic mass is 10.1. The van der Waals surface area contributed by atoms with Gasteiger partial charge < -0.3 is 20.1 Å². The van der Waals surface area contributed by atoms with Gasteiger partial charge in [0.05, 0.1) is 19.2 Å². The smallest absolute Gasteiger partial charge is 0.213 e. The highest BCUT2D eigenvalue weighted by Crippen LogP contribution is 2.16. The molecule has 0 saturated carbocycles. The largest absolute Gasteiger partial charge is 0.475 e. The van der Waals surface area contributed by atoms with E-state index in [1.807, 2.05) is 32.0 Å². The summed E-state index contributed by atoms with van der Waals surface area (Å²) in [6.07, 6.45) is 1.74. The van der Waals surface area contributed by atoms with Crippen LogP contribution >= 0.6 is 24.0 Å². The Hall–Kier alpha value is -1.94. The fraction of sp³-hybridized carbons (Fsp3) is 0.429. The summed E-state index contributed by atoms with van der Waals surface area (Å²) < 4.78 is 24.2. The van der Waals surface area contributed by atoms with Gasteiger partial charge >= 0.3 is 0 Å². The molecule has 160 valence electrons. The van der Waals surface area contributed by atoms with E-state index < -0.39 is 0 Å². The first-order valence-corrected chi connectivity index (χ1v) is 9.41. The zero-order valence-corrected chi connectivity index (χ0v) is 19.7.